The third kappa shape index (κ3) is 4.56. The van der Waals surface area contributed by atoms with Crippen molar-refractivity contribution in [2.24, 2.45) is 0 Å². The molecule has 2 aromatic carbocycles. The van der Waals surface area contributed by atoms with Crippen LogP contribution >= 0.6 is 11.6 Å². The van der Waals surface area contributed by atoms with Gasteiger partial charge in [-0.25, -0.2) is 17.8 Å². The Labute approximate surface area is 145 Å². The molecule has 0 aliphatic heterocycles. The van der Waals surface area contributed by atoms with E-state index in [9.17, 15) is 8.42 Å². The summed E-state index contributed by atoms with van der Waals surface area (Å²) in [5.74, 6) is -0.0700. The highest BCUT2D eigenvalue weighted by molar-refractivity contribution is 7.91. The normalized spacial score (nSPS) is 11.4. The van der Waals surface area contributed by atoms with Gasteiger partial charge in [-0.1, -0.05) is 54.1 Å². The van der Waals surface area contributed by atoms with Crippen molar-refractivity contribution in [1.82, 2.24) is 14.8 Å². The van der Waals surface area contributed by atoms with Crippen LogP contribution in [0, 0.1) is 0 Å². The minimum atomic E-state index is -3.56. The van der Waals surface area contributed by atoms with Gasteiger partial charge in [-0.2, -0.15) is 4.98 Å². The molecule has 8 heteroatoms. The number of rotatable bonds is 6. The van der Waals surface area contributed by atoms with Gasteiger partial charge in [0.15, 0.2) is 0 Å². The van der Waals surface area contributed by atoms with E-state index in [1.807, 2.05) is 18.2 Å². The summed E-state index contributed by atoms with van der Waals surface area (Å²) in [6.07, 6.45) is 1.48. The van der Waals surface area contributed by atoms with Gasteiger partial charge in [-0.15, -0.1) is 5.10 Å². The zero-order valence-corrected chi connectivity index (χ0v) is 14.2. The Balaban J connectivity index is 1.66. The second-order valence-electron chi connectivity index (χ2n) is 5.24. The fourth-order valence-electron chi connectivity index (χ4n) is 2.16. The van der Waals surface area contributed by atoms with Crippen molar-refractivity contribution >= 4 is 27.6 Å². The molecule has 0 saturated carbocycles. The molecule has 0 fully saturated rings. The van der Waals surface area contributed by atoms with E-state index < -0.39 is 10.0 Å². The lowest BCUT2D eigenvalue weighted by molar-refractivity contribution is 0.599. The average molecular weight is 363 g/mol. The molecule has 3 rings (SSSR count). The highest BCUT2D eigenvalue weighted by atomic mass is 35.5. The maximum atomic E-state index is 12.2. The van der Waals surface area contributed by atoms with Gasteiger partial charge in [0.1, 0.15) is 6.33 Å². The van der Waals surface area contributed by atoms with E-state index >= 15 is 0 Å². The molecule has 0 aliphatic carbocycles. The zero-order valence-electron chi connectivity index (χ0n) is 12.6. The quantitative estimate of drug-likeness (QED) is 0.731. The van der Waals surface area contributed by atoms with Crippen molar-refractivity contribution in [2.45, 2.75) is 12.3 Å². The number of nitrogens with one attached hydrogen (secondary N) is 1. The summed E-state index contributed by atoms with van der Waals surface area (Å²) < 4.78 is 28.3. The van der Waals surface area contributed by atoms with Crippen LogP contribution in [0.3, 0.4) is 0 Å². The Morgan fingerprint density at radius 3 is 2.42 bits per heavy atom. The minimum Gasteiger partial charge on any atom is -0.250 e. The molecule has 3 aromatic rings. The second-order valence-corrected chi connectivity index (χ2v) is 7.40. The van der Waals surface area contributed by atoms with Crippen molar-refractivity contribution in [3.8, 4) is 0 Å². The molecule has 0 radical (unpaired) electrons. The van der Waals surface area contributed by atoms with Gasteiger partial charge in [-0.05, 0) is 23.3 Å². The van der Waals surface area contributed by atoms with E-state index in [0.29, 0.717) is 17.1 Å². The van der Waals surface area contributed by atoms with Gasteiger partial charge in [0.25, 0.3) is 5.95 Å². The van der Waals surface area contributed by atoms with Gasteiger partial charge in [0.2, 0.25) is 10.0 Å². The Morgan fingerprint density at radius 2 is 1.71 bits per heavy atom. The number of anilines is 1. The largest absolute Gasteiger partial charge is 0.255 e. The van der Waals surface area contributed by atoms with Crippen LogP contribution in [0.4, 0.5) is 5.95 Å². The SMILES string of the molecule is O=S(=O)(Cc1ccccc1)Nc1ncn(Cc2ccc(Cl)cc2)n1. The molecule has 0 unspecified atom stereocenters. The first-order chi connectivity index (χ1) is 11.5. The van der Waals surface area contributed by atoms with Crippen LogP contribution in [0.25, 0.3) is 0 Å². The number of nitrogens with zero attached hydrogens (tertiary/aromatic N) is 3. The van der Waals surface area contributed by atoms with Gasteiger partial charge in [0, 0.05) is 5.02 Å². The van der Waals surface area contributed by atoms with Gasteiger partial charge in [0.05, 0.1) is 12.3 Å². The molecule has 0 aliphatic rings. The molecular formula is C16H15ClN4O2S. The lowest BCUT2D eigenvalue weighted by Crippen LogP contribution is -2.16. The van der Waals surface area contributed by atoms with E-state index in [1.165, 1.54) is 6.33 Å². The fourth-order valence-corrected chi connectivity index (χ4v) is 3.36. The molecule has 24 heavy (non-hydrogen) atoms. The predicted molar refractivity (Wildman–Crippen MR) is 93.3 cm³/mol. The number of hydrogen-bond donors (Lipinski definition) is 1. The van der Waals surface area contributed by atoms with Gasteiger partial charge in [-0.3, -0.25) is 0 Å². The highest BCUT2D eigenvalue weighted by Crippen LogP contribution is 2.12. The monoisotopic (exact) mass is 362 g/mol. The standard InChI is InChI=1S/C16H15ClN4O2S/c17-15-8-6-13(7-9-15)10-21-12-18-16(19-21)20-24(22,23)11-14-4-2-1-3-5-14/h1-9,12H,10-11H2,(H,19,20). The summed E-state index contributed by atoms with van der Waals surface area (Å²) in [5.41, 5.74) is 1.69. The number of aromatic nitrogens is 3. The predicted octanol–water partition coefficient (Wildman–Crippen LogP) is 2.92. The zero-order chi connectivity index (χ0) is 17.0. The van der Waals surface area contributed by atoms with Crippen LogP contribution in [0.2, 0.25) is 5.02 Å². The minimum absolute atomic E-state index is 0.0555. The number of benzene rings is 2. The molecule has 0 bridgehead atoms. The third-order valence-corrected chi connectivity index (χ3v) is 4.70. The summed E-state index contributed by atoms with van der Waals surface area (Å²) in [7, 11) is -3.56. The average Bonchev–Trinajstić information content (AvgIpc) is 2.96. The molecular weight excluding hydrogens is 348 g/mol. The van der Waals surface area contributed by atoms with Crippen molar-refractivity contribution in [1.29, 1.82) is 0 Å². The Morgan fingerprint density at radius 1 is 1.00 bits per heavy atom. The topological polar surface area (TPSA) is 76.9 Å². The summed E-state index contributed by atoms with van der Waals surface area (Å²) in [4.78, 5) is 3.99. The summed E-state index contributed by atoms with van der Waals surface area (Å²) >= 11 is 5.85. The summed E-state index contributed by atoms with van der Waals surface area (Å²) in [6, 6.07) is 16.3. The number of halogens is 1. The van der Waals surface area contributed by atoms with E-state index in [2.05, 4.69) is 14.8 Å². The first kappa shape index (κ1) is 16.5. The Kier molecular flexibility index (Phi) is 4.82. The van der Waals surface area contributed by atoms with E-state index in [4.69, 9.17) is 11.6 Å². The molecule has 6 nitrogen and oxygen atoms in total. The van der Waals surface area contributed by atoms with Crippen LogP contribution in [0.1, 0.15) is 11.1 Å². The van der Waals surface area contributed by atoms with E-state index in [-0.39, 0.29) is 11.7 Å². The summed E-state index contributed by atoms with van der Waals surface area (Å²) in [6.45, 7) is 0.477. The van der Waals surface area contributed by atoms with Crippen LogP contribution in [0.15, 0.2) is 60.9 Å². The first-order valence-corrected chi connectivity index (χ1v) is 9.21. The number of sulfonamides is 1. The highest BCUT2D eigenvalue weighted by Gasteiger charge is 2.14. The molecule has 0 spiro atoms. The molecule has 0 saturated heterocycles. The molecule has 1 heterocycles. The molecule has 0 atom stereocenters. The lowest BCUT2D eigenvalue weighted by atomic mass is 10.2. The second kappa shape index (κ2) is 7.02. The van der Waals surface area contributed by atoms with E-state index in [0.717, 1.165) is 5.56 Å². The lowest BCUT2D eigenvalue weighted by Gasteiger charge is -2.04. The van der Waals surface area contributed by atoms with Crippen LogP contribution in [-0.2, 0) is 22.3 Å². The van der Waals surface area contributed by atoms with Crippen molar-refractivity contribution in [3.63, 3.8) is 0 Å². The number of hydrogen-bond acceptors (Lipinski definition) is 4. The molecule has 1 aromatic heterocycles. The van der Waals surface area contributed by atoms with Crippen LogP contribution in [-0.4, -0.2) is 23.2 Å². The first-order valence-electron chi connectivity index (χ1n) is 7.18. The van der Waals surface area contributed by atoms with E-state index in [1.54, 1.807) is 41.1 Å². The Bertz CT molecular complexity index is 909. The molecule has 124 valence electrons. The molecule has 1 N–H and O–H groups in total. The van der Waals surface area contributed by atoms with Crippen molar-refractivity contribution in [3.05, 3.63) is 77.1 Å². The maximum absolute atomic E-state index is 12.2. The van der Waals surface area contributed by atoms with Crippen molar-refractivity contribution in [2.75, 3.05) is 4.72 Å². The van der Waals surface area contributed by atoms with Gasteiger partial charge < -0.3 is 0 Å². The Hall–Kier alpha value is -2.38. The van der Waals surface area contributed by atoms with Crippen LogP contribution < -0.4 is 4.72 Å². The molecule has 0 amide bonds. The fraction of sp³-hybridized carbons (Fsp3) is 0.125. The summed E-state index contributed by atoms with van der Waals surface area (Å²) in [5, 5.41) is 4.80. The third-order valence-electron chi connectivity index (χ3n) is 3.24. The smallest absolute Gasteiger partial charge is 0.250 e. The van der Waals surface area contributed by atoms with Crippen molar-refractivity contribution < 1.29 is 8.42 Å². The van der Waals surface area contributed by atoms with Crippen LogP contribution in [0.5, 0.6) is 0 Å². The van der Waals surface area contributed by atoms with Gasteiger partial charge >= 0.3 is 0 Å². The maximum Gasteiger partial charge on any atom is 0.255 e.